The lowest BCUT2D eigenvalue weighted by Crippen LogP contribution is -2.24. The largest absolute Gasteiger partial charge is 0.330 e. The molecule has 0 aromatic carbocycles. The highest BCUT2D eigenvalue weighted by atomic mass is 16.1. The van der Waals surface area contributed by atoms with Crippen LogP contribution >= 0.6 is 0 Å². The SMILES string of the molecule is CCn1cc(NC(=O)C[C@@H](CN)CC(C)C)ccc1=O. The minimum atomic E-state index is -0.0647. The van der Waals surface area contributed by atoms with E-state index < -0.39 is 0 Å². The van der Waals surface area contributed by atoms with Gasteiger partial charge in [-0.1, -0.05) is 13.8 Å². The van der Waals surface area contributed by atoms with Crippen molar-refractivity contribution in [3.63, 3.8) is 0 Å². The normalized spacial score (nSPS) is 12.4. The van der Waals surface area contributed by atoms with E-state index in [-0.39, 0.29) is 17.4 Å². The van der Waals surface area contributed by atoms with Crippen LogP contribution in [0.4, 0.5) is 5.69 Å². The molecule has 1 atom stereocenters. The Morgan fingerprint density at radius 1 is 1.40 bits per heavy atom. The molecule has 0 aliphatic carbocycles. The number of aromatic nitrogens is 1. The van der Waals surface area contributed by atoms with Crippen LogP contribution in [0.1, 0.15) is 33.6 Å². The highest BCUT2D eigenvalue weighted by Crippen LogP contribution is 2.15. The maximum absolute atomic E-state index is 12.0. The van der Waals surface area contributed by atoms with Crippen LogP contribution in [0.3, 0.4) is 0 Å². The molecule has 5 heteroatoms. The molecular weight excluding hydrogens is 254 g/mol. The molecule has 3 N–H and O–H groups in total. The molecule has 0 fully saturated rings. The summed E-state index contributed by atoms with van der Waals surface area (Å²) in [6.07, 6.45) is 3.03. The van der Waals surface area contributed by atoms with Gasteiger partial charge in [0.15, 0.2) is 0 Å². The molecule has 0 unspecified atom stereocenters. The van der Waals surface area contributed by atoms with E-state index in [2.05, 4.69) is 19.2 Å². The number of carbonyl (C=O) groups excluding carboxylic acids is 1. The minimum Gasteiger partial charge on any atom is -0.330 e. The van der Waals surface area contributed by atoms with Crippen molar-refractivity contribution in [2.24, 2.45) is 17.6 Å². The third-order valence-corrected chi connectivity index (χ3v) is 3.22. The molecule has 1 aromatic heterocycles. The van der Waals surface area contributed by atoms with Gasteiger partial charge in [-0.2, -0.15) is 0 Å². The molecule has 1 heterocycles. The van der Waals surface area contributed by atoms with Crippen molar-refractivity contribution in [2.75, 3.05) is 11.9 Å². The van der Waals surface area contributed by atoms with E-state index in [0.717, 1.165) is 6.42 Å². The number of hydrogen-bond donors (Lipinski definition) is 2. The van der Waals surface area contributed by atoms with Crippen molar-refractivity contribution in [1.82, 2.24) is 4.57 Å². The average molecular weight is 279 g/mol. The lowest BCUT2D eigenvalue weighted by molar-refractivity contribution is -0.117. The molecular formula is C15H25N3O2. The lowest BCUT2D eigenvalue weighted by atomic mass is 9.94. The Balaban J connectivity index is 2.63. The van der Waals surface area contributed by atoms with E-state index in [1.54, 1.807) is 16.8 Å². The van der Waals surface area contributed by atoms with Gasteiger partial charge in [-0.15, -0.1) is 0 Å². The molecule has 112 valence electrons. The summed E-state index contributed by atoms with van der Waals surface area (Å²) in [7, 11) is 0. The second kappa shape index (κ2) is 7.85. The van der Waals surface area contributed by atoms with Crippen LogP contribution in [0.2, 0.25) is 0 Å². The Labute approximate surface area is 120 Å². The molecule has 0 saturated carbocycles. The van der Waals surface area contributed by atoms with E-state index in [4.69, 9.17) is 5.73 Å². The fourth-order valence-corrected chi connectivity index (χ4v) is 2.26. The predicted octanol–water partition coefficient (Wildman–Crippen LogP) is 1.82. The quantitative estimate of drug-likeness (QED) is 0.799. The van der Waals surface area contributed by atoms with Gasteiger partial charge < -0.3 is 15.6 Å². The van der Waals surface area contributed by atoms with E-state index in [9.17, 15) is 9.59 Å². The van der Waals surface area contributed by atoms with Crippen LogP contribution in [-0.2, 0) is 11.3 Å². The van der Waals surface area contributed by atoms with Gasteiger partial charge in [0.2, 0.25) is 5.91 Å². The molecule has 0 aliphatic rings. The first kappa shape index (κ1) is 16.4. The monoisotopic (exact) mass is 279 g/mol. The molecule has 0 saturated heterocycles. The van der Waals surface area contributed by atoms with Crippen LogP contribution in [0.5, 0.6) is 0 Å². The fourth-order valence-electron chi connectivity index (χ4n) is 2.26. The summed E-state index contributed by atoms with van der Waals surface area (Å²) in [6, 6.07) is 3.10. The van der Waals surface area contributed by atoms with Gasteiger partial charge in [-0.3, -0.25) is 9.59 Å². The molecule has 1 rings (SSSR count). The van der Waals surface area contributed by atoms with Crippen LogP contribution in [-0.4, -0.2) is 17.0 Å². The smallest absolute Gasteiger partial charge is 0.250 e. The van der Waals surface area contributed by atoms with E-state index in [1.807, 2.05) is 6.92 Å². The third-order valence-electron chi connectivity index (χ3n) is 3.22. The van der Waals surface area contributed by atoms with Crippen LogP contribution in [0.15, 0.2) is 23.1 Å². The van der Waals surface area contributed by atoms with Crippen LogP contribution in [0.25, 0.3) is 0 Å². The van der Waals surface area contributed by atoms with Crippen molar-refractivity contribution in [3.05, 3.63) is 28.7 Å². The molecule has 20 heavy (non-hydrogen) atoms. The Morgan fingerprint density at radius 3 is 2.65 bits per heavy atom. The summed E-state index contributed by atoms with van der Waals surface area (Å²) in [6.45, 7) is 7.23. The fraction of sp³-hybridized carbons (Fsp3) is 0.600. The number of nitrogens with zero attached hydrogens (tertiary/aromatic N) is 1. The molecule has 0 spiro atoms. The standard InChI is InChI=1S/C15H25N3O2/c1-4-18-10-13(5-6-15(18)20)17-14(19)8-12(9-16)7-11(2)3/h5-6,10-12H,4,7-9,16H2,1-3H3,(H,17,19)/t12-/m0/s1. The number of pyridine rings is 1. The number of carbonyl (C=O) groups is 1. The second-order valence-corrected chi connectivity index (χ2v) is 5.53. The van der Waals surface area contributed by atoms with E-state index in [0.29, 0.717) is 31.1 Å². The first-order valence-electron chi connectivity index (χ1n) is 7.16. The first-order chi connectivity index (χ1) is 9.46. The molecule has 0 aliphatic heterocycles. The van der Waals surface area contributed by atoms with Crippen LogP contribution < -0.4 is 16.6 Å². The predicted molar refractivity (Wildman–Crippen MR) is 81.6 cm³/mol. The third kappa shape index (κ3) is 5.17. The van der Waals surface area contributed by atoms with Gasteiger partial charge in [0.1, 0.15) is 0 Å². The highest BCUT2D eigenvalue weighted by Gasteiger charge is 2.14. The van der Waals surface area contributed by atoms with Crippen molar-refractivity contribution in [2.45, 2.75) is 40.2 Å². The van der Waals surface area contributed by atoms with Crippen molar-refractivity contribution >= 4 is 11.6 Å². The number of nitrogens with two attached hydrogens (primary N) is 1. The Morgan fingerprint density at radius 2 is 2.10 bits per heavy atom. The maximum Gasteiger partial charge on any atom is 0.250 e. The summed E-state index contributed by atoms with van der Waals surface area (Å²) in [4.78, 5) is 23.5. The molecule has 1 aromatic rings. The van der Waals surface area contributed by atoms with Gasteiger partial charge in [0.25, 0.3) is 5.56 Å². The Hall–Kier alpha value is -1.62. The number of amides is 1. The summed E-state index contributed by atoms with van der Waals surface area (Å²) in [5.74, 6) is 0.674. The van der Waals surface area contributed by atoms with Gasteiger partial charge in [0.05, 0.1) is 5.69 Å². The second-order valence-electron chi connectivity index (χ2n) is 5.53. The van der Waals surface area contributed by atoms with Crippen LogP contribution in [0, 0.1) is 11.8 Å². The molecule has 1 amide bonds. The van der Waals surface area contributed by atoms with Crippen molar-refractivity contribution in [1.29, 1.82) is 0 Å². The van der Waals surface area contributed by atoms with Gasteiger partial charge >= 0.3 is 0 Å². The summed E-state index contributed by atoms with van der Waals surface area (Å²) < 4.78 is 1.56. The topological polar surface area (TPSA) is 77.1 Å². The molecule has 0 bridgehead atoms. The molecule has 0 radical (unpaired) electrons. The zero-order chi connectivity index (χ0) is 15.1. The number of rotatable bonds is 7. The van der Waals surface area contributed by atoms with E-state index in [1.165, 1.54) is 6.07 Å². The summed E-state index contributed by atoms with van der Waals surface area (Å²) >= 11 is 0. The number of aryl methyl sites for hydroxylation is 1. The van der Waals surface area contributed by atoms with E-state index >= 15 is 0 Å². The van der Waals surface area contributed by atoms with Crippen molar-refractivity contribution < 1.29 is 4.79 Å². The number of anilines is 1. The van der Waals surface area contributed by atoms with Gasteiger partial charge in [-0.25, -0.2) is 0 Å². The molecule has 5 nitrogen and oxygen atoms in total. The van der Waals surface area contributed by atoms with Gasteiger partial charge in [0, 0.05) is 25.2 Å². The summed E-state index contributed by atoms with van der Waals surface area (Å²) in [5.41, 5.74) is 6.29. The first-order valence-corrected chi connectivity index (χ1v) is 7.16. The number of nitrogens with one attached hydrogen (secondary N) is 1. The Bertz CT molecular complexity index is 494. The van der Waals surface area contributed by atoms with Crippen molar-refractivity contribution in [3.8, 4) is 0 Å². The Kier molecular flexibility index (Phi) is 6.45. The minimum absolute atomic E-state index is 0.0533. The zero-order valence-electron chi connectivity index (χ0n) is 12.6. The highest BCUT2D eigenvalue weighted by molar-refractivity contribution is 5.90. The summed E-state index contributed by atoms with van der Waals surface area (Å²) in [5, 5.41) is 2.83. The number of hydrogen-bond acceptors (Lipinski definition) is 3. The van der Waals surface area contributed by atoms with Gasteiger partial charge in [-0.05, 0) is 37.8 Å². The maximum atomic E-state index is 12.0. The lowest BCUT2D eigenvalue weighted by Gasteiger charge is -2.16. The average Bonchev–Trinajstić information content (AvgIpc) is 2.39. The zero-order valence-corrected chi connectivity index (χ0v) is 12.6.